The largest absolute Gasteiger partial charge is 0.351 e. The van der Waals surface area contributed by atoms with E-state index in [-0.39, 0.29) is 6.03 Å². The van der Waals surface area contributed by atoms with E-state index >= 15 is 0 Å². The van der Waals surface area contributed by atoms with E-state index in [1.807, 2.05) is 0 Å². The molecule has 1 saturated heterocycles. The second kappa shape index (κ2) is 10.1. The summed E-state index contributed by atoms with van der Waals surface area (Å²) in [6, 6.07) is 11.9. The summed E-state index contributed by atoms with van der Waals surface area (Å²) in [5.41, 5.74) is 9.05. The van der Waals surface area contributed by atoms with Crippen molar-refractivity contribution in [1.82, 2.24) is 20.0 Å². The van der Waals surface area contributed by atoms with E-state index in [1.165, 1.54) is 11.1 Å². The molecule has 8 heteroatoms. The van der Waals surface area contributed by atoms with Gasteiger partial charge in [0.1, 0.15) is 5.15 Å². The van der Waals surface area contributed by atoms with Gasteiger partial charge in [0.2, 0.25) is 11.7 Å². The summed E-state index contributed by atoms with van der Waals surface area (Å²) in [4.78, 5) is 22.2. The molecule has 2 amide bonds. The molecule has 7 nitrogen and oxygen atoms in total. The highest BCUT2D eigenvalue weighted by Gasteiger charge is 2.29. The quantitative estimate of drug-likeness (QED) is 0.529. The number of aromatic nitrogens is 3. The maximum absolute atomic E-state index is 11.9. The summed E-state index contributed by atoms with van der Waals surface area (Å²) < 4.78 is 5.44. The molecule has 1 aliphatic heterocycles. The van der Waals surface area contributed by atoms with E-state index in [4.69, 9.17) is 21.9 Å². The Morgan fingerprint density at radius 3 is 2.66 bits per heavy atom. The first-order valence-electron chi connectivity index (χ1n) is 11.1. The summed E-state index contributed by atoms with van der Waals surface area (Å²) in [6.45, 7) is 3.53. The summed E-state index contributed by atoms with van der Waals surface area (Å²) in [6.07, 6.45) is 6.14. The Kier molecular flexibility index (Phi) is 7.05. The molecule has 1 aromatic carbocycles. The molecular formula is C24H28ClN5O2. The van der Waals surface area contributed by atoms with Gasteiger partial charge in [-0.25, -0.2) is 9.78 Å². The number of piperidine rings is 1. The Morgan fingerprint density at radius 2 is 1.94 bits per heavy atom. The van der Waals surface area contributed by atoms with Crippen molar-refractivity contribution in [2.45, 2.75) is 39.0 Å². The van der Waals surface area contributed by atoms with Crippen LogP contribution in [0.3, 0.4) is 0 Å². The van der Waals surface area contributed by atoms with E-state index in [0.717, 1.165) is 31.2 Å². The Hall–Kier alpha value is -2.93. The Labute approximate surface area is 193 Å². The molecule has 0 aliphatic carbocycles. The number of halogens is 1. The maximum atomic E-state index is 11.9. The number of rotatable bonds is 7. The van der Waals surface area contributed by atoms with Crippen molar-refractivity contribution in [3.8, 4) is 11.4 Å². The number of amides is 2. The van der Waals surface area contributed by atoms with Crippen LogP contribution in [0.15, 0.2) is 47.1 Å². The summed E-state index contributed by atoms with van der Waals surface area (Å²) in [5, 5.41) is 4.45. The van der Waals surface area contributed by atoms with E-state index < -0.39 is 0 Å². The number of primary amides is 1. The van der Waals surface area contributed by atoms with Crippen molar-refractivity contribution in [3.63, 3.8) is 0 Å². The van der Waals surface area contributed by atoms with Gasteiger partial charge in [0.05, 0.1) is 0 Å². The molecule has 32 heavy (non-hydrogen) atoms. The zero-order chi connectivity index (χ0) is 22.5. The predicted octanol–water partition coefficient (Wildman–Crippen LogP) is 4.54. The van der Waals surface area contributed by atoms with Gasteiger partial charge < -0.3 is 15.2 Å². The van der Waals surface area contributed by atoms with E-state index in [0.29, 0.717) is 48.2 Å². The molecule has 2 N–H and O–H groups in total. The van der Waals surface area contributed by atoms with Crippen molar-refractivity contribution < 1.29 is 9.32 Å². The number of carbonyl (C=O) groups excluding carboxylic acids is 1. The number of benzene rings is 1. The molecule has 0 bridgehead atoms. The monoisotopic (exact) mass is 453 g/mol. The molecule has 0 spiro atoms. The molecule has 3 aromatic rings. The van der Waals surface area contributed by atoms with Crippen LogP contribution in [-0.4, -0.2) is 39.1 Å². The third kappa shape index (κ3) is 5.65. The van der Waals surface area contributed by atoms with Crippen LogP contribution in [0.25, 0.3) is 11.4 Å². The minimum atomic E-state index is -0.351. The lowest BCUT2D eigenvalue weighted by Crippen LogP contribution is -2.47. The Morgan fingerprint density at radius 1 is 1.19 bits per heavy atom. The average molecular weight is 454 g/mol. The highest BCUT2D eigenvalue weighted by molar-refractivity contribution is 6.29. The van der Waals surface area contributed by atoms with Gasteiger partial charge in [0, 0.05) is 31.3 Å². The molecule has 0 saturated carbocycles. The molecule has 4 rings (SSSR count). The third-order valence-electron chi connectivity index (χ3n) is 6.11. The zero-order valence-corrected chi connectivity index (χ0v) is 19.0. The van der Waals surface area contributed by atoms with Gasteiger partial charge in [0.15, 0.2) is 0 Å². The molecule has 2 unspecified atom stereocenters. The lowest BCUT2D eigenvalue weighted by molar-refractivity contribution is 0.136. The van der Waals surface area contributed by atoms with Gasteiger partial charge in [-0.15, -0.1) is 0 Å². The van der Waals surface area contributed by atoms with Gasteiger partial charge >= 0.3 is 6.03 Å². The lowest BCUT2D eigenvalue weighted by atomic mass is 9.83. The second-order valence-electron chi connectivity index (χ2n) is 8.50. The van der Waals surface area contributed by atoms with Crippen LogP contribution in [0.4, 0.5) is 4.79 Å². The van der Waals surface area contributed by atoms with Gasteiger partial charge in [-0.2, -0.15) is 4.98 Å². The lowest BCUT2D eigenvalue weighted by Gasteiger charge is -2.37. The maximum Gasteiger partial charge on any atom is 0.314 e. The van der Waals surface area contributed by atoms with Crippen molar-refractivity contribution in [1.29, 1.82) is 0 Å². The number of urea groups is 1. The summed E-state index contributed by atoms with van der Waals surface area (Å²) in [7, 11) is 0. The minimum Gasteiger partial charge on any atom is -0.351 e. The van der Waals surface area contributed by atoms with Crippen LogP contribution in [0.5, 0.6) is 0 Å². The van der Waals surface area contributed by atoms with Crippen LogP contribution in [-0.2, 0) is 19.3 Å². The van der Waals surface area contributed by atoms with Crippen LogP contribution in [0, 0.1) is 11.8 Å². The van der Waals surface area contributed by atoms with E-state index in [1.54, 1.807) is 23.2 Å². The number of aryl methyl sites for hydroxylation is 2. The second-order valence-corrected chi connectivity index (χ2v) is 8.89. The van der Waals surface area contributed by atoms with Gasteiger partial charge in [-0.05, 0) is 60.8 Å². The third-order valence-corrected chi connectivity index (χ3v) is 6.32. The first-order valence-corrected chi connectivity index (χ1v) is 11.4. The highest BCUT2D eigenvalue weighted by Crippen LogP contribution is 2.28. The number of pyridine rings is 1. The number of nitrogens with two attached hydrogens (primary N) is 1. The van der Waals surface area contributed by atoms with Crippen LogP contribution >= 0.6 is 11.6 Å². The molecule has 3 heterocycles. The molecule has 2 aromatic heterocycles. The molecule has 1 aliphatic rings. The fourth-order valence-electron chi connectivity index (χ4n) is 4.44. The van der Waals surface area contributed by atoms with Crippen molar-refractivity contribution >= 4 is 17.6 Å². The Balaban J connectivity index is 1.38. The first-order chi connectivity index (χ1) is 15.5. The molecular weight excluding hydrogens is 426 g/mol. The molecule has 0 radical (unpaired) electrons. The fraction of sp³-hybridized carbons (Fsp3) is 0.417. The topological polar surface area (TPSA) is 98.1 Å². The number of hydrogen-bond acceptors (Lipinski definition) is 5. The highest BCUT2D eigenvalue weighted by atomic mass is 35.5. The molecule has 2 atom stereocenters. The molecule has 168 valence electrons. The number of likely N-dealkylation sites (tertiary alicyclic amines) is 1. The zero-order valence-electron chi connectivity index (χ0n) is 18.2. The molecule has 1 fully saturated rings. The van der Waals surface area contributed by atoms with Crippen LogP contribution < -0.4 is 5.73 Å². The Bertz CT molecular complexity index is 1050. The van der Waals surface area contributed by atoms with Crippen LogP contribution in [0.1, 0.15) is 36.8 Å². The normalized spacial score (nSPS) is 18.6. The predicted molar refractivity (Wildman–Crippen MR) is 123 cm³/mol. The fourth-order valence-corrected chi connectivity index (χ4v) is 4.62. The average Bonchev–Trinajstić information content (AvgIpc) is 3.27. The van der Waals surface area contributed by atoms with E-state index in [9.17, 15) is 4.79 Å². The van der Waals surface area contributed by atoms with Crippen LogP contribution in [0.2, 0.25) is 5.15 Å². The summed E-state index contributed by atoms with van der Waals surface area (Å²) >= 11 is 5.95. The number of hydrogen-bond donors (Lipinski definition) is 1. The van der Waals surface area contributed by atoms with Gasteiger partial charge in [0.25, 0.3) is 0 Å². The minimum absolute atomic E-state index is 0.335. The summed E-state index contributed by atoms with van der Waals surface area (Å²) in [5.74, 6) is 1.80. The van der Waals surface area contributed by atoms with Gasteiger partial charge in [-0.3, -0.25) is 0 Å². The first kappa shape index (κ1) is 22.3. The van der Waals surface area contributed by atoms with Crippen molar-refractivity contribution in [3.05, 3.63) is 64.8 Å². The number of carbonyl (C=O) groups is 1. The standard InChI is InChI=1S/C24H28ClN5O2/c1-2-16-3-5-17(6-4-16)11-19-12-18(14-30(15-19)24(26)31)7-8-22-28-23(29-32-22)20-9-10-27-21(25)13-20/h3-6,9-10,13,18-19H,2,7-8,11-12,14-15H2,1H3,(H2,26,31). The smallest absolute Gasteiger partial charge is 0.314 e. The SMILES string of the molecule is CCc1ccc(CC2CC(CCc3nc(-c4ccnc(Cl)c4)no3)CN(C(N)=O)C2)cc1. The van der Waals surface area contributed by atoms with E-state index in [2.05, 4.69) is 46.3 Å². The van der Waals surface area contributed by atoms with Crippen molar-refractivity contribution in [2.24, 2.45) is 17.6 Å². The van der Waals surface area contributed by atoms with Gasteiger partial charge in [-0.1, -0.05) is 47.9 Å². The van der Waals surface area contributed by atoms with Crippen molar-refractivity contribution in [2.75, 3.05) is 13.1 Å². The number of nitrogens with zero attached hydrogens (tertiary/aromatic N) is 4.